The first-order valence-electron chi connectivity index (χ1n) is 12.1. The summed E-state index contributed by atoms with van der Waals surface area (Å²) >= 11 is 0. The number of anilines is 1. The molecule has 5 heteroatoms. The van der Waals surface area contributed by atoms with Gasteiger partial charge in [-0.15, -0.1) is 0 Å². The summed E-state index contributed by atoms with van der Waals surface area (Å²) in [4.78, 5) is 27.6. The van der Waals surface area contributed by atoms with Crippen molar-refractivity contribution in [2.24, 2.45) is 34.5 Å². The molecule has 3 saturated carbocycles. The standard InChI is InChI=1S/C26H35FN2O2/c1-25-14-12-20-18(8-11-22-26(20,2)15-13-23(30)29(22)3)19(25)9-10-21(25)24(31)28-17-6-4-16(27)5-7-17/h4-7,18-22H,8-15H2,1-3H3,(H,28,31)/t18-,19-,20-,21+,22+,25-,26+/m0/s1. The molecular weight excluding hydrogens is 391 g/mol. The number of benzene rings is 1. The molecule has 1 saturated heterocycles. The smallest absolute Gasteiger partial charge is 0.228 e. The zero-order valence-electron chi connectivity index (χ0n) is 19.0. The average Bonchev–Trinajstić information content (AvgIpc) is 3.10. The number of nitrogens with one attached hydrogen (secondary N) is 1. The molecular formula is C26H35FN2O2. The van der Waals surface area contributed by atoms with Crippen molar-refractivity contribution in [3.8, 4) is 0 Å². The minimum Gasteiger partial charge on any atom is -0.342 e. The van der Waals surface area contributed by atoms with Gasteiger partial charge in [-0.25, -0.2) is 4.39 Å². The molecule has 0 aromatic heterocycles. The van der Waals surface area contributed by atoms with Gasteiger partial charge in [0.25, 0.3) is 0 Å². The number of likely N-dealkylation sites (tertiary alicyclic amines) is 1. The van der Waals surface area contributed by atoms with Crippen LogP contribution in [-0.2, 0) is 9.59 Å². The van der Waals surface area contributed by atoms with Gasteiger partial charge in [0.1, 0.15) is 5.82 Å². The molecule has 7 atom stereocenters. The molecule has 1 N–H and O–H groups in total. The van der Waals surface area contributed by atoms with Gasteiger partial charge < -0.3 is 10.2 Å². The van der Waals surface area contributed by atoms with Crippen LogP contribution in [0.5, 0.6) is 0 Å². The van der Waals surface area contributed by atoms with E-state index < -0.39 is 0 Å². The first kappa shape index (κ1) is 21.0. The topological polar surface area (TPSA) is 49.4 Å². The summed E-state index contributed by atoms with van der Waals surface area (Å²) in [6, 6.07) is 6.44. The van der Waals surface area contributed by atoms with Crippen LogP contribution in [0.1, 0.15) is 65.2 Å². The SMILES string of the molecule is CN1C(=O)CC[C@]2(C)[C@H]3CC[C@]4(C)[C@@H](C(=O)Nc5ccc(F)cc5)CC[C@H]4[C@@H]3CC[C@@H]12. The fourth-order valence-corrected chi connectivity index (χ4v) is 8.34. The lowest BCUT2D eigenvalue weighted by Crippen LogP contribution is -2.61. The molecule has 4 nitrogen and oxygen atoms in total. The van der Waals surface area contributed by atoms with Gasteiger partial charge in [0, 0.05) is 31.1 Å². The predicted molar refractivity (Wildman–Crippen MR) is 119 cm³/mol. The number of fused-ring (bicyclic) bond motifs is 5. The number of nitrogens with zero attached hydrogens (tertiary/aromatic N) is 1. The number of amides is 2. The monoisotopic (exact) mass is 426 g/mol. The van der Waals surface area contributed by atoms with Crippen LogP contribution in [0.2, 0.25) is 0 Å². The maximum atomic E-state index is 13.2. The van der Waals surface area contributed by atoms with Crippen molar-refractivity contribution in [2.45, 2.75) is 71.3 Å². The van der Waals surface area contributed by atoms with Crippen molar-refractivity contribution >= 4 is 17.5 Å². The summed E-state index contributed by atoms with van der Waals surface area (Å²) in [7, 11) is 2.00. The van der Waals surface area contributed by atoms with Crippen LogP contribution in [0.25, 0.3) is 0 Å². The minimum atomic E-state index is -0.289. The Morgan fingerprint density at radius 2 is 1.71 bits per heavy atom. The molecule has 1 heterocycles. The summed E-state index contributed by atoms with van der Waals surface area (Å²) in [6.45, 7) is 4.79. The van der Waals surface area contributed by atoms with Gasteiger partial charge >= 0.3 is 0 Å². The third-order valence-corrected chi connectivity index (χ3v) is 9.99. The van der Waals surface area contributed by atoms with Crippen molar-refractivity contribution in [3.05, 3.63) is 30.1 Å². The van der Waals surface area contributed by atoms with E-state index in [0.29, 0.717) is 41.8 Å². The van der Waals surface area contributed by atoms with Crippen LogP contribution in [-0.4, -0.2) is 29.8 Å². The normalized spacial score (nSPS) is 41.9. The van der Waals surface area contributed by atoms with Gasteiger partial charge in [0.15, 0.2) is 0 Å². The number of halogens is 1. The van der Waals surface area contributed by atoms with E-state index in [1.54, 1.807) is 12.1 Å². The molecule has 1 aromatic rings. The van der Waals surface area contributed by atoms with E-state index in [0.717, 1.165) is 38.5 Å². The molecule has 0 unspecified atom stereocenters. The third-order valence-electron chi connectivity index (χ3n) is 9.99. The van der Waals surface area contributed by atoms with Gasteiger partial charge in [-0.1, -0.05) is 13.8 Å². The molecule has 1 aromatic carbocycles. The molecule has 168 valence electrons. The Bertz CT molecular complexity index is 886. The van der Waals surface area contributed by atoms with Crippen LogP contribution in [0.4, 0.5) is 10.1 Å². The molecule has 2 amide bonds. The molecule has 0 bridgehead atoms. The highest BCUT2D eigenvalue weighted by molar-refractivity contribution is 5.93. The zero-order valence-corrected chi connectivity index (χ0v) is 19.0. The van der Waals surface area contributed by atoms with Crippen molar-refractivity contribution in [2.75, 3.05) is 12.4 Å². The van der Waals surface area contributed by atoms with E-state index in [4.69, 9.17) is 0 Å². The first-order valence-corrected chi connectivity index (χ1v) is 12.1. The van der Waals surface area contributed by atoms with E-state index in [9.17, 15) is 14.0 Å². The van der Waals surface area contributed by atoms with Crippen LogP contribution in [0.15, 0.2) is 24.3 Å². The van der Waals surface area contributed by atoms with Crippen LogP contribution < -0.4 is 5.32 Å². The Kier molecular flexibility index (Phi) is 4.95. The minimum absolute atomic E-state index is 0.0182. The second-order valence-corrected chi connectivity index (χ2v) is 11.2. The van der Waals surface area contributed by atoms with Gasteiger partial charge in [0.05, 0.1) is 0 Å². The lowest BCUT2D eigenvalue weighted by molar-refractivity contribution is -0.159. The van der Waals surface area contributed by atoms with E-state index >= 15 is 0 Å². The lowest BCUT2D eigenvalue weighted by atomic mass is 9.47. The number of hydrogen-bond acceptors (Lipinski definition) is 2. The van der Waals surface area contributed by atoms with E-state index in [1.807, 2.05) is 11.9 Å². The van der Waals surface area contributed by atoms with Crippen LogP contribution in [0, 0.1) is 40.3 Å². The number of piperidine rings is 1. The summed E-state index contributed by atoms with van der Waals surface area (Å²) in [5.74, 6) is 2.02. The molecule has 0 spiro atoms. The molecule has 3 aliphatic carbocycles. The summed E-state index contributed by atoms with van der Waals surface area (Å²) in [5.41, 5.74) is 0.918. The van der Waals surface area contributed by atoms with E-state index in [1.165, 1.54) is 18.6 Å². The average molecular weight is 427 g/mol. The molecule has 5 rings (SSSR count). The zero-order chi connectivity index (χ0) is 22.0. The van der Waals surface area contributed by atoms with Crippen molar-refractivity contribution in [1.82, 2.24) is 4.90 Å². The lowest BCUT2D eigenvalue weighted by Gasteiger charge is -2.61. The molecule has 31 heavy (non-hydrogen) atoms. The van der Waals surface area contributed by atoms with Gasteiger partial charge in [-0.3, -0.25) is 9.59 Å². The largest absolute Gasteiger partial charge is 0.342 e. The van der Waals surface area contributed by atoms with Gasteiger partial charge in [0.2, 0.25) is 11.8 Å². The Labute approximate surface area is 185 Å². The molecule has 4 fully saturated rings. The molecule has 1 aliphatic heterocycles. The second kappa shape index (κ2) is 7.31. The highest BCUT2D eigenvalue weighted by atomic mass is 19.1. The van der Waals surface area contributed by atoms with E-state index in [-0.39, 0.29) is 28.5 Å². The summed E-state index contributed by atoms with van der Waals surface area (Å²) in [5, 5.41) is 3.06. The number of hydrogen-bond donors (Lipinski definition) is 1. The van der Waals surface area contributed by atoms with Crippen molar-refractivity contribution in [3.63, 3.8) is 0 Å². The number of carbonyl (C=O) groups is 2. The Morgan fingerprint density at radius 1 is 1.00 bits per heavy atom. The van der Waals surface area contributed by atoms with Crippen molar-refractivity contribution < 1.29 is 14.0 Å². The summed E-state index contributed by atoms with van der Waals surface area (Å²) < 4.78 is 13.2. The Morgan fingerprint density at radius 3 is 2.45 bits per heavy atom. The predicted octanol–water partition coefficient (Wildman–Crippen LogP) is 5.24. The number of rotatable bonds is 2. The Hall–Kier alpha value is -1.91. The first-order chi connectivity index (χ1) is 14.7. The fraction of sp³-hybridized carbons (Fsp3) is 0.692. The Balaban J connectivity index is 1.35. The highest BCUT2D eigenvalue weighted by Gasteiger charge is 2.62. The molecule has 4 aliphatic rings. The second-order valence-electron chi connectivity index (χ2n) is 11.2. The van der Waals surface area contributed by atoms with Crippen LogP contribution >= 0.6 is 0 Å². The highest BCUT2D eigenvalue weighted by Crippen LogP contribution is 2.66. The maximum absolute atomic E-state index is 13.2. The van der Waals surface area contributed by atoms with E-state index in [2.05, 4.69) is 19.2 Å². The van der Waals surface area contributed by atoms with Gasteiger partial charge in [-0.05, 0) is 97.8 Å². The van der Waals surface area contributed by atoms with Crippen LogP contribution in [0.3, 0.4) is 0 Å². The molecule has 0 radical (unpaired) electrons. The number of carbonyl (C=O) groups excluding carboxylic acids is 2. The third kappa shape index (κ3) is 3.14. The van der Waals surface area contributed by atoms with Crippen molar-refractivity contribution in [1.29, 1.82) is 0 Å². The maximum Gasteiger partial charge on any atom is 0.228 e. The quantitative estimate of drug-likeness (QED) is 0.703. The van der Waals surface area contributed by atoms with Gasteiger partial charge in [-0.2, -0.15) is 0 Å². The fourth-order valence-electron chi connectivity index (χ4n) is 8.34. The summed E-state index contributed by atoms with van der Waals surface area (Å²) in [6.07, 6.45) is 8.27.